The van der Waals surface area contributed by atoms with Gasteiger partial charge >= 0.3 is 0 Å². The van der Waals surface area contributed by atoms with Crippen LogP contribution in [0.4, 0.5) is 0 Å². The first-order valence-corrected chi connectivity index (χ1v) is 6.57. The van der Waals surface area contributed by atoms with Gasteiger partial charge in [-0.05, 0) is 30.9 Å². The molecular weight excluding hydrogens is 238 g/mol. The summed E-state index contributed by atoms with van der Waals surface area (Å²) < 4.78 is 7.62. The summed E-state index contributed by atoms with van der Waals surface area (Å²) in [5.41, 5.74) is -0.0311. The van der Waals surface area contributed by atoms with Crippen LogP contribution >= 0.6 is 11.6 Å². The largest absolute Gasteiger partial charge is 0.378 e. The number of hydrogen-bond donors (Lipinski definition) is 0. The first-order valence-electron chi connectivity index (χ1n) is 6.19. The van der Waals surface area contributed by atoms with Gasteiger partial charge < -0.3 is 9.30 Å². The molecule has 1 unspecified atom stereocenters. The minimum Gasteiger partial charge on any atom is -0.378 e. The second-order valence-corrected chi connectivity index (χ2v) is 5.96. The monoisotopic (exact) mass is 257 g/mol. The molecule has 4 nitrogen and oxygen atoms in total. The Balaban J connectivity index is 2.06. The molecule has 5 heteroatoms. The lowest BCUT2D eigenvalue weighted by Gasteiger charge is -2.19. The Morgan fingerprint density at radius 2 is 2.18 bits per heavy atom. The van der Waals surface area contributed by atoms with Crippen molar-refractivity contribution in [2.75, 3.05) is 6.61 Å². The second-order valence-electron chi connectivity index (χ2n) is 5.62. The first kappa shape index (κ1) is 12.8. The Bertz CT molecular complexity index is 378. The molecule has 0 bridgehead atoms. The SMILES string of the molecule is CC(C)(C)c1nnc(Cl)n1CCC1CCCO1. The van der Waals surface area contributed by atoms with E-state index in [0.29, 0.717) is 11.4 Å². The molecule has 96 valence electrons. The Kier molecular flexibility index (Phi) is 3.73. The van der Waals surface area contributed by atoms with Crippen LogP contribution in [-0.2, 0) is 16.7 Å². The zero-order chi connectivity index (χ0) is 12.5. The van der Waals surface area contributed by atoms with Gasteiger partial charge in [0.15, 0.2) is 0 Å². The Hall–Kier alpha value is -0.610. The van der Waals surface area contributed by atoms with E-state index in [1.807, 2.05) is 4.57 Å². The summed E-state index contributed by atoms with van der Waals surface area (Å²) in [6.07, 6.45) is 3.69. The van der Waals surface area contributed by atoms with E-state index < -0.39 is 0 Å². The predicted molar refractivity (Wildman–Crippen MR) is 67.3 cm³/mol. The van der Waals surface area contributed by atoms with Crippen molar-refractivity contribution < 1.29 is 4.74 Å². The molecule has 0 N–H and O–H groups in total. The highest BCUT2D eigenvalue weighted by Gasteiger charge is 2.24. The van der Waals surface area contributed by atoms with Gasteiger partial charge in [-0.1, -0.05) is 20.8 Å². The van der Waals surface area contributed by atoms with Crippen LogP contribution in [-0.4, -0.2) is 27.5 Å². The zero-order valence-corrected chi connectivity index (χ0v) is 11.5. The van der Waals surface area contributed by atoms with Crippen LogP contribution in [0.1, 0.15) is 45.9 Å². The fourth-order valence-corrected chi connectivity index (χ4v) is 2.38. The van der Waals surface area contributed by atoms with Crippen molar-refractivity contribution in [1.29, 1.82) is 0 Å². The minimum atomic E-state index is -0.0311. The molecule has 1 aliphatic rings. The van der Waals surface area contributed by atoms with E-state index in [0.717, 1.165) is 31.8 Å². The van der Waals surface area contributed by atoms with Gasteiger partial charge in [-0.2, -0.15) is 0 Å². The molecule has 0 saturated carbocycles. The number of aromatic nitrogens is 3. The van der Waals surface area contributed by atoms with Crippen LogP contribution in [0.25, 0.3) is 0 Å². The third-order valence-electron chi connectivity index (χ3n) is 3.08. The third kappa shape index (κ3) is 2.99. The summed E-state index contributed by atoms with van der Waals surface area (Å²) >= 11 is 6.08. The number of hydrogen-bond acceptors (Lipinski definition) is 3. The van der Waals surface area contributed by atoms with Gasteiger partial charge in [-0.3, -0.25) is 0 Å². The third-order valence-corrected chi connectivity index (χ3v) is 3.35. The van der Waals surface area contributed by atoms with Gasteiger partial charge in [-0.25, -0.2) is 0 Å². The van der Waals surface area contributed by atoms with Crippen molar-refractivity contribution in [2.24, 2.45) is 0 Å². The van der Waals surface area contributed by atoms with Gasteiger partial charge in [0, 0.05) is 18.6 Å². The molecule has 1 aromatic rings. The molecule has 0 radical (unpaired) electrons. The van der Waals surface area contributed by atoms with Crippen LogP contribution in [0.2, 0.25) is 5.28 Å². The maximum absolute atomic E-state index is 6.08. The molecule has 0 aliphatic carbocycles. The smallest absolute Gasteiger partial charge is 0.225 e. The van der Waals surface area contributed by atoms with E-state index in [1.54, 1.807) is 0 Å². The van der Waals surface area contributed by atoms with E-state index >= 15 is 0 Å². The summed E-state index contributed by atoms with van der Waals surface area (Å²) in [6, 6.07) is 0. The number of nitrogens with zero attached hydrogens (tertiary/aromatic N) is 3. The van der Waals surface area contributed by atoms with Gasteiger partial charge in [0.2, 0.25) is 5.28 Å². The molecule has 2 heterocycles. The molecule has 0 aromatic carbocycles. The number of halogens is 1. The average molecular weight is 258 g/mol. The van der Waals surface area contributed by atoms with E-state index in [4.69, 9.17) is 16.3 Å². The predicted octanol–water partition coefficient (Wildman–Crippen LogP) is 2.80. The van der Waals surface area contributed by atoms with Crippen molar-refractivity contribution >= 4 is 11.6 Å². The molecular formula is C12H20ClN3O. The Morgan fingerprint density at radius 1 is 1.41 bits per heavy atom. The normalized spacial score (nSPS) is 21.1. The lowest BCUT2D eigenvalue weighted by Crippen LogP contribution is -2.21. The van der Waals surface area contributed by atoms with Crippen molar-refractivity contribution in [3.63, 3.8) is 0 Å². The summed E-state index contributed by atoms with van der Waals surface area (Å²) in [5, 5.41) is 8.62. The number of ether oxygens (including phenoxy) is 1. The van der Waals surface area contributed by atoms with E-state index in [2.05, 4.69) is 31.0 Å². The van der Waals surface area contributed by atoms with Crippen molar-refractivity contribution in [3.05, 3.63) is 11.1 Å². The van der Waals surface area contributed by atoms with Crippen molar-refractivity contribution in [1.82, 2.24) is 14.8 Å². The number of rotatable bonds is 3. The van der Waals surface area contributed by atoms with Crippen LogP contribution < -0.4 is 0 Å². The van der Waals surface area contributed by atoms with Gasteiger partial charge in [0.05, 0.1) is 6.10 Å². The van der Waals surface area contributed by atoms with E-state index in [9.17, 15) is 0 Å². The fourth-order valence-electron chi connectivity index (χ4n) is 2.18. The molecule has 0 amide bonds. The van der Waals surface area contributed by atoms with Crippen LogP contribution in [0.15, 0.2) is 0 Å². The van der Waals surface area contributed by atoms with Gasteiger partial charge in [0.1, 0.15) is 5.82 Å². The van der Waals surface area contributed by atoms with Crippen LogP contribution in [0.3, 0.4) is 0 Å². The first-order chi connectivity index (χ1) is 7.98. The zero-order valence-electron chi connectivity index (χ0n) is 10.7. The summed E-state index contributed by atoms with van der Waals surface area (Å²) in [7, 11) is 0. The highest BCUT2D eigenvalue weighted by molar-refractivity contribution is 6.28. The standard InChI is InChI=1S/C12H20ClN3O/c1-12(2,3)10-14-15-11(13)16(10)7-6-9-5-4-8-17-9/h9H,4-8H2,1-3H3. The quantitative estimate of drug-likeness (QED) is 0.836. The molecule has 1 atom stereocenters. The summed E-state index contributed by atoms with van der Waals surface area (Å²) in [5.74, 6) is 0.945. The average Bonchev–Trinajstić information content (AvgIpc) is 2.83. The molecule has 1 aliphatic heterocycles. The molecule has 2 rings (SSSR count). The van der Waals surface area contributed by atoms with Crippen molar-refractivity contribution in [3.8, 4) is 0 Å². The van der Waals surface area contributed by atoms with Gasteiger partial charge in [-0.15, -0.1) is 10.2 Å². The fraction of sp³-hybridized carbons (Fsp3) is 0.833. The maximum atomic E-state index is 6.08. The molecule has 1 saturated heterocycles. The van der Waals surface area contributed by atoms with E-state index in [1.165, 1.54) is 6.42 Å². The maximum Gasteiger partial charge on any atom is 0.225 e. The van der Waals surface area contributed by atoms with Crippen molar-refractivity contribution in [2.45, 2.75) is 58.1 Å². The highest BCUT2D eigenvalue weighted by Crippen LogP contribution is 2.24. The minimum absolute atomic E-state index is 0.0311. The summed E-state index contributed by atoms with van der Waals surface area (Å²) in [4.78, 5) is 0. The molecule has 0 spiro atoms. The van der Waals surface area contributed by atoms with Crippen LogP contribution in [0.5, 0.6) is 0 Å². The summed E-state index contributed by atoms with van der Waals surface area (Å²) in [6.45, 7) is 8.09. The molecule has 1 fully saturated rings. The molecule has 17 heavy (non-hydrogen) atoms. The Labute approximate surface area is 107 Å². The lowest BCUT2D eigenvalue weighted by atomic mass is 9.95. The van der Waals surface area contributed by atoms with Gasteiger partial charge in [0.25, 0.3) is 0 Å². The highest BCUT2D eigenvalue weighted by atomic mass is 35.5. The second kappa shape index (κ2) is 4.94. The Morgan fingerprint density at radius 3 is 2.76 bits per heavy atom. The molecule has 1 aromatic heterocycles. The topological polar surface area (TPSA) is 39.9 Å². The van der Waals surface area contributed by atoms with E-state index in [-0.39, 0.29) is 5.41 Å². The lowest BCUT2D eigenvalue weighted by molar-refractivity contribution is 0.0999. The van der Waals surface area contributed by atoms with Crippen LogP contribution in [0, 0.1) is 0 Å².